The molecule has 13 heavy (non-hydrogen) atoms. The summed E-state index contributed by atoms with van der Waals surface area (Å²) in [7, 11) is 0. The Kier molecular flexibility index (Phi) is 3.08. The molecule has 0 aromatic carbocycles. The molecule has 1 rings (SSSR count). The Hall–Kier alpha value is -1.29. The number of aliphatic carboxylic acids is 1. The van der Waals surface area contributed by atoms with Gasteiger partial charge in [-0.2, -0.15) is 0 Å². The third-order valence-corrected chi connectivity index (χ3v) is 1.73. The summed E-state index contributed by atoms with van der Waals surface area (Å²) in [5, 5.41) is 8.53. The van der Waals surface area contributed by atoms with Gasteiger partial charge in [-0.15, -0.1) is 0 Å². The average Bonchev–Trinajstić information content (AvgIpc) is 2.47. The fourth-order valence-corrected chi connectivity index (χ4v) is 1.03. The van der Waals surface area contributed by atoms with E-state index in [0.29, 0.717) is 0 Å². The first-order valence-electron chi connectivity index (χ1n) is 3.59. The van der Waals surface area contributed by atoms with E-state index in [1.54, 1.807) is 0 Å². The molecule has 0 aliphatic heterocycles. The molecule has 4 nitrogen and oxygen atoms in total. The van der Waals surface area contributed by atoms with Gasteiger partial charge in [-0.3, -0.25) is 9.59 Å². The minimum absolute atomic E-state index is 0.0305. The molecule has 0 atom stereocenters. The van der Waals surface area contributed by atoms with Gasteiger partial charge in [0.25, 0.3) is 0 Å². The largest absolute Gasteiger partial charge is 0.481 e. The molecular formula is C8H7ClO4. The lowest BCUT2D eigenvalue weighted by atomic mass is 10.2. The first-order chi connectivity index (χ1) is 6.11. The van der Waals surface area contributed by atoms with Crippen molar-refractivity contribution in [2.75, 3.05) is 0 Å². The summed E-state index contributed by atoms with van der Waals surface area (Å²) in [5.41, 5.74) is 0. The number of carbonyl (C=O) groups is 2. The number of hydrogen-bond acceptors (Lipinski definition) is 3. The molecule has 0 unspecified atom stereocenters. The lowest BCUT2D eigenvalue weighted by Gasteiger charge is -1.94. The third kappa shape index (κ3) is 2.59. The van der Waals surface area contributed by atoms with Crippen LogP contribution in [-0.4, -0.2) is 16.9 Å². The van der Waals surface area contributed by atoms with E-state index < -0.39 is 11.8 Å². The van der Waals surface area contributed by atoms with E-state index >= 15 is 0 Å². The van der Waals surface area contributed by atoms with Crippen molar-refractivity contribution in [1.82, 2.24) is 0 Å². The van der Waals surface area contributed by atoms with Crippen LogP contribution in [0, 0.1) is 0 Å². The predicted octanol–water partition coefficient (Wildman–Crippen LogP) is 1.98. The standard InChI is InChI=1S/C8H7ClO4/c9-5-3-4-13-8(5)6(10)1-2-7(11)12/h3-4H,1-2H2,(H,11,12). The quantitative estimate of drug-likeness (QED) is 0.758. The highest BCUT2D eigenvalue weighted by atomic mass is 35.5. The molecule has 70 valence electrons. The fourth-order valence-electron chi connectivity index (χ4n) is 0.827. The number of carbonyl (C=O) groups excluding carboxylic acids is 1. The first-order valence-corrected chi connectivity index (χ1v) is 3.97. The van der Waals surface area contributed by atoms with Crippen LogP contribution in [0.15, 0.2) is 16.7 Å². The molecule has 0 amide bonds. The van der Waals surface area contributed by atoms with Gasteiger partial charge in [0.15, 0.2) is 11.5 Å². The number of ketones is 1. The van der Waals surface area contributed by atoms with Gasteiger partial charge in [0, 0.05) is 6.42 Å². The molecule has 5 heteroatoms. The van der Waals surface area contributed by atoms with Crippen molar-refractivity contribution in [2.45, 2.75) is 12.8 Å². The molecule has 0 radical (unpaired) electrons. The summed E-state index contributed by atoms with van der Waals surface area (Å²) in [6.07, 6.45) is 0.981. The van der Waals surface area contributed by atoms with Crippen LogP contribution in [0.1, 0.15) is 23.4 Å². The van der Waals surface area contributed by atoms with Crippen LogP contribution < -0.4 is 0 Å². The Labute approximate surface area is 79.1 Å². The van der Waals surface area contributed by atoms with Gasteiger partial charge in [0.2, 0.25) is 0 Å². The number of rotatable bonds is 4. The Morgan fingerprint density at radius 1 is 1.46 bits per heavy atom. The predicted molar refractivity (Wildman–Crippen MR) is 44.9 cm³/mol. The molecule has 1 aromatic rings. The molecule has 0 saturated carbocycles. The van der Waals surface area contributed by atoms with Crippen LogP contribution in [-0.2, 0) is 4.79 Å². The maximum atomic E-state index is 11.2. The van der Waals surface area contributed by atoms with E-state index in [2.05, 4.69) is 0 Å². The highest BCUT2D eigenvalue weighted by Crippen LogP contribution is 2.18. The molecule has 0 spiro atoms. The number of furan rings is 1. The van der Waals surface area contributed by atoms with Crippen molar-refractivity contribution < 1.29 is 19.1 Å². The van der Waals surface area contributed by atoms with Crippen molar-refractivity contribution >= 4 is 23.4 Å². The average molecular weight is 203 g/mol. The SMILES string of the molecule is O=C(O)CCC(=O)c1occc1Cl. The van der Waals surface area contributed by atoms with Gasteiger partial charge in [0.1, 0.15) is 0 Å². The van der Waals surface area contributed by atoms with Crippen molar-refractivity contribution in [2.24, 2.45) is 0 Å². The Morgan fingerprint density at radius 2 is 2.15 bits per heavy atom. The Balaban J connectivity index is 2.59. The minimum atomic E-state index is -1.02. The van der Waals surface area contributed by atoms with Crippen molar-refractivity contribution in [1.29, 1.82) is 0 Å². The summed E-state index contributed by atoms with van der Waals surface area (Å²) < 4.78 is 4.78. The molecular weight excluding hydrogens is 196 g/mol. The summed E-state index contributed by atoms with van der Waals surface area (Å²) in [4.78, 5) is 21.3. The van der Waals surface area contributed by atoms with Crippen LogP contribution in [0.25, 0.3) is 0 Å². The molecule has 0 aliphatic carbocycles. The molecule has 0 bridgehead atoms. The first kappa shape index (κ1) is 9.80. The van der Waals surface area contributed by atoms with Crippen LogP contribution in [0.4, 0.5) is 0 Å². The van der Waals surface area contributed by atoms with Crippen LogP contribution >= 0.6 is 11.6 Å². The molecule has 0 fully saturated rings. The molecule has 1 aromatic heterocycles. The van der Waals surface area contributed by atoms with Gasteiger partial charge in [0.05, 0.1) is 17.7 Å². The van der Waals surface area contributed by atoms with Gasteiger partial charge < -0.3 is 9.52 Å². The van der Waals surface area contributed by atoms with E-state index in [-0.39, 0.29) is 23.6 Å². The highest BCUT2D eigenvalue weighted by molar-refractivity contribution is 6.33. The van der Waals surface area contributed by atoms with Crippen LogP contribution in [0.5, 0.6) is 0 Å². The molecule has 1 heterocycles. The van der Waals surface area contributed by atoms with Crippen molar-refractivity contribution in [3.63, 3.8) is 0 Å². The zero-order chi connectivity index (χ0) is 9.84. The number of halogens is 1. The summed E-state index contributed by atoms with van der Waals surface area (Å²) >= 11 is 5.59. The minimum Gasteiger partial charge on any atom is -0.481 e. The summed E-state index contributed by atoms with van der Waals surface area (Å²) in [6, 6.07) is 1.44. The zero-order valence-corrected chi connectivity index (χ0v) is 7.37. The van der Waals surface area contributed by atoms with E-state index in [0.717, 1.165) is 0 Å². The second-order valence-electron chi connectivity index (χ2n) is 2.41. The second kappa shape index (κ2) is 4.09. The number of Topliss-reactive ketones (excluding diaryl/α,β-unsaturated/α-hetero) is 1. The van der Waals surface area contributed by atoms with E-state index in [1.807, 2.05) is 0 Å². The van der Waals surface area contributed by atoms with Gasteiger partial charge >= 0.3 is 5.97 Å². The normalized spacial score (nSPS) is 9.92. The summed E-state index contributed by atoms with van der Waals surface area (Å²) in [6.45, 7) is 0. The fraction of sp³-hybridized carbons (Fsp3) is 0.250. The zero-order valence-electron chi connectivity index (χ0n) is 6.62. The monoisotopic (exact) mass is 202 g/mol. The molecule has 0 aliphatic rings. The Bertz CT molecular complexity index is 329. The van der Waals surface area contributed by atoms with Crippen LogP contribution in [0.2, 0.25) is 5.02 Å². The van der Waals surface area contributed by atoms with Gasteiger partial charge in [-0.05, 0) is 6.07 Å². The Morgan fingerprint density at radius 3 is 2.62 bits per heavy atom. The van der Waals surface area contributed by atoms with E-state index in [1.165, 1.54) is 12.3 Å². The lowest BCUT2D eigenvalue weighted by Crippen LogP contribution is -2.02. The topological polar surface area (TPSA) is 67.5 Å². The van der Waals surface area contributed by atoms with Gasteiger partial charge in [-0.25, -0.2) is 0 Å². The van der Waals surface area contributed by atoms with Crippen molar-refractivity contribution in [3.8, 4) is 0 Å². The lowest BCUT2D eigenvalue weighted by molar-refractivity contribution is -0.136. The third-order valence-electron chi connectivity index (χ3n) is 1.44. The molecule has 1 N–H and O–H groups in total. The maximum Gasteiger partial charge on any atom is 0.303 e. The van der Waals surface area contributed by atoms with E-state index in [4.69, 9.17) is 21.1 Å². The number of carboxylic acid groups (broad SMARTS) is 1. The highest BCUT2D eigenvalue weighted by Gasteiger charge is 2.14. The van der Waals surface area contributed by atoms with Crippen molar-refractivity contribution in [3.05, 3.63) is 23.1 Å². The smallest absolute Gasteiger partial charge is 0.303 e. The summed E-state index contributed by atoms with van der Waals surface area (Å²) in [5.74, 6) is -1.38. The van der Waals surface area contributed by atoms with Crippen LogP contribution in [0.3, 0.4) is 0 Å². The van der Waals surface area contributed by atoms with Gasteiger partial charge in [-0.1, -0.05) is 11.6 Å². The maximum absolute atomic E-state index is 11.2. The number of carboxylic acids is 1. The number of hydrogen-bond donors (Lipinski definition) is 1. The second-order valence-corrected chi connectivity index (χ2v) is 2.82. The van der Waals surface area contributed by atoms with E-state index in [9.17, 15) is 9.59 Å². The molecule has 0 saturated heterocycles.